The molecule has 20 heavy (non-hydrogen) atoms. The van der Waals surface area contributed by atoms with E-state index in [4.69, 9.17) is 9.47 Å². The first kappa shape index (κ1) is 16.3. The molecule has 7 heteroatoms. The molecule has 0 spiro atoms. The number of hydrogen-bond donors (Lipinski definition) is 1. The van der Waals surface area contributed by atoms with Crippen LogP contribution in [0.15, 0.2) is 16.6 Å². The Balaban J connectivity index is 2.67. The maximum absolute atomic E-state index is 11.4. The molecule has 1 aromatic carbocycles. The van der Waals surface area contributed by atoms with Crippen molar-refractivity contribution >= 4 is 27.8 Å². The lowest BCUT2D eigenvalue weighted by atomic mass is 10.2. The number of hydrogen-bond acceptors (Lipinski definition) is 5. The molecular formula is C13H15BrNO5-. The third-order valence-electron chi connectivity index (χ3n) is 2.54. The lowest BCUT2D eigenvalue weighted by Crippen LogP contribution is -2.27. The smallest absolute Gasteiger partial charge is 0.220 e. The molecule has 110 valence electrons. The van der Waals surface area contributed by atoms with Gasteiger partial charge in [0.2, 0.25) is 5.91 Å². The van der Waals surface area contributed by atoms with Gasteiger partial charge in [-0.1, -0.05) is 0 Å². The number of rotatable bonds is 7. The Morgan fingerprint density at radius 2 is 1.95 bits per heavy atom. The summed E-state index contributed by atoms with van der Waals surface area (Å²) in [6.07, 6.45) is -0.391. The number of carbonyl (C=O) groups excluding carboxylic acids is 2. The lowest BCUT2D eigenvalue weighted by Gasteiger charge is -2.12. The standard InChI is InChI=1S/C13H16BrNO5/c1-19-10-6-8(5-9(14)13(10)20-2)7-15-11(16)3-4-12(17)18/h5-6H,3-4,7H2,1-2H3,(H,15,16)(H,17,18)/p-1. The van der Waals surface area contributed by atoms with E-state index in [1.807, 2.05) is 0 Å². The summed E-state index contributed by atoms with van der Waals surface area (Å²) in [5.74, 6) is -0.477. The lowest BCUT2D eigenvalue weighted by molar-refractivity contribution is -0.305. The summed E-state index contributed by atoms with van der Waals surface area (Å²) in [5.41, 5.74) is 0.802. The number of methoxy groups -OCH3 is 2. The van der Waals surface area contributed by atoms with Gasteiger partial charge >= 0.3 is 0 Å². The summed E-state index contributed by atoms with van der Waals surface area (Å²) >= 11 is 3.35. The summed E-state index contributed by atoms with van der Waals surface area (Å²) in [4.78, 5) is 21.7. The second-order valence-corrected chi connectivity index (χ2v) is 4.82. The molecule has 0 saturated heterocycles. The molecule has 0 radical (unpaired) electrons. The molecular weight excluding hydrogens is 330 g/mol. The Morgan fingerprint density at radius 1 is 1.25 bits per heavy atom. The summed E-state index contributed by atoms with van der Waals surface area (Å²) < 4.78 is 11.1. The van der Waals surface area contributed by atoms with Gasteiger partial charge in [-0.2, -0.15) is 0 Å². The number of amides is 1. The van der Waals surface area contributed by atoms with Gasteiger partial charge in [-0.05, 0) is 40.0 Å². The highest BCUT2D eigenvalue weighted by Crippen LogP contribution is 2.36. The van der Waals surface area contributed by atoms with Crippen LogP contribution in [0.3, 0.4) is 0 Å². The van der Waals surface area contributed by atoms with Gasteiger partial charge < -0.3 is 24.7 Å². The second-order valence-electron chi connectivity index (χ2n) is 3.96. The van der Waals surface area contributed by atoms with Crippen LogP contribution in [0.25, 0.3) is 0 Å². The zero-order chi connectivity index (χ0) is 15.1. The number of carbonyl (C=O) groups is 2. The third-order valence-corrected chi connectivity index (χ3v) is 3.13. The van der Waals surface area contributed by atoms with Crippen molar-refractivity contribution in [3.05, 3.63) is 22.2 Å². The van der Waals surface area contributed by atoms with Gasteiger partial charge in [0.1, 0.15) is 0 Å². The Labute approximate surface area is 125 Å². The van der Waals surface area contributed by atoms with Gasteiger partial charge in [-0.3, -0.25) is 4.79 Å². The average molecular weight is 345 g/mol. The molecule has 0 fully saturated rings. The largest absolute Gasteiger partial charge is 0.550 e. The van der Waals surface area contributed by atoms with Crippen LogP contribution >= 0.6 is 15.9 Å². The van der Waals surface area contributed by atoms with Crippen LogP contribution in [-0.2, 0) is 16.1 Å². The summed E-state index contributed by atoms with van der Waals surface area (Å²) in [6.45, 7) is 0.269. The van der Waals surface area contributed by atoms with E-state index in [0.717, 1.165) is 5.56 Å². The van der Waals surface area contributed by atoms with Gasteiger partial charge in [-0.15, -0.1) is 0 Å². The van der Waals surface area contributed by atoms with E-state index in [9.17, 15) is 14.7 Å². The molecule has 0 bridgehead atoms. The molecule has 0 heterocycles. The van der Waals surface area contributed by atoms with Crippen molar-refractivity contribution in [3.8, 4) is 11.5 Å². The summed E-state index contributed by atoms with van der Waals surface area (Å²) in [7, 11) is 3.05. The minimum atomic E-state index is -1.24. The molecule has 1 aromatic rings. The first-order valence-corrected chi connectivity index (χ1v) is 6.64. The highest BCUT2D eigenvalue weighted by Gasteiger charge is 2.11. The second kappa shape index (κ2) is 7.74. The quantitative estimate of drug-likeness (QED) is 0.783. The number of ether oxygens (including phenoxy) is 2. The molecule has 1 N–H and O–H groups in total. The number of halogens is 1. The van der Waals surface area contributed by atoms with E-state index in [-0.39, 0.29) is 25.3 Å². The molecule has 0 aliphatic heterocycles. The maximum Gasteiger partial charge on any atom is 0.220 e. The topological polar surface area (TPSA) is 87.7 Å². The van der Waals surface area contributed by atoms with Gasteiger partial charge in [0.25, 0.3) is 0 Å². The van der Waals surface area contributed by atoms with E-state index < -0.39 is 5.97 Å². The number of nitrogens with one attached hydrogen (secondary N) is 1. The van der Waals surface area contributed by atoms with Gasteiger partial charge in [0.05, 0.1) is 18.7 Å². The first-order chi connectivity index (χ1) is 9.47. The van der Waals surface area contributed by atoms with E-state index in [1.54, 1.807) is 12.1 Å². The highest BCUT2D eigenvalue weighted by molar-refractivity contribution is 9.10. The average Bonchev–Trinajstić information content (AvgIpc) is 2.42. The molecule has 0 unspecified atom stereocenters. The van der Waals surface area contributed by atoms with Gasteiger partial charge in [-0.25, -0.2) is 0 Å². The van der Waals surface area contributed by atoms with Crippen LogP contribution in [0, 0.1) is 0 Å². The predicted molar refractivity (Wildman–Crippen MR) is 73.3 cm³/mol. The van der Waals surface area contributed by atoms with Crippen LogP contribution in [0.4, 0.5) is 0 Å². The van der Waals surface area contributed by atoms with Crippen molar-refractivity contribution in [3.63, 3.8) is 0 Å². The first-order valence-electron chi connectivity index (χ1n) is 5.85. The number of benzene rings is 1. The van der Waals surface area contributed by atoms with Crippen molar-refractivity contribution in [2.75, 3.05) is 14.2 Å². The fourth-order valence-electron chi connectivity index (χ4n) is 1.58. The Morgan fingerprint density at radius 3 is 2.50 bits per heavy atom. The fourth-order valence-corrected chi connectivity index (χ4v) is 2.23. The van der Waals surface area contributed by atoms with E-state index in [0.29, 0.717) is 16.0 Å². The third kappa shape index (κ3) is 4.73. The summed E-state index contributed by atoms with van der Waals surface area (Å²) in [5, 5.41) is 12.9. The molecule has 6 nitrogen and oxygen atoms in total. The normalized spacial score (nSPS) is 9.95. The molecule has 1 amide bonds. The van der Waals surface area contributed by atoms with Crippen LogP contribution in [-0.4, -0.2) is 26.1 Å². The van der Waals surface area contributed by atoms with E-state index in [2.05, 4.69) is 21.2 Å². The van der Waals surface area contributed by atoms with Gasteiger partial charge in [0.15, 0.2) is 11.5 Å². The zero-order valence-electron chi connectivity index (χ0n) is 11.2. The highest BCUT2D eigenvalue weighted by atomic mass is 79.9. The van der Waals surface area contributed by atoms with Crippen molar-refractivity contribution in [1.82, 2.24) is 5.32 Å². The van der Waals surface area contributed by atoms with E-state index in [1.165, 1.54) is 14.2 Å². The van der Waals surface area contributed by atoms with Crippen molar-refractivity contribution < 1.29 is 24.2 Å². The molecule has 1 rings (SSSR count). The number of carboxylic acids is 1. The summed E-state index contributed by atoms with van der Waals surface area (Å²) in [6, 6.07) is 3.53. The monoisotopic (exact) mass is 344 g/mol. The zero-order valence-corrected chi connectivity index (χ0v) is 12.8. The number of aliphatic carboxylic acids is 1. The van der Waals surface area contributed by atoms with Crippen molar-refractivity contribution in [2.24, 2.45) is 0 Å². The Bertz CT molecular complexity index is 504. The van der Waals surface area contributed by atoms with Crippen molar-refractivity contribution in [2.45, 2.75) is 19.4 Å². The molecule has 0 aromatic heterocycles. The van der Waals surface area contributed by atoms with Crippen LogP contribution in [0.2, 0.25) is 0 Å². The van der Waals surface area contributed by atoms with Gasteiger partial charge in [0, 0.05) is 18.9 Å². The van der Waals surface area contributed by atoms with E-state index >= 15 is 0 Å². The molecule has 0 aliphatic rings. The minimum Gasteiger partial charge on any atom is -0.550 e. The molecule has 0 saturated carbocycles. The number of carboxylic acid groups (broad SMARTS) is 1. The van der Waals surface area contributed by atoms with Crippen LogP contribution in [0.1, 0.15) is 18.4 Å². The Hall–Kier alpha value is -1.76. The molecule has 0 atom stereocenters. The van der Waals surface area contributed by atoms with Crippen LogP contribution < -0.4 is 19.9 Å². The van der Waals surface area contributed by atoms with Crippen LogP contribution in [0.5, 0.6) is 11.5 Å². The molecule has 0 aliphatic carbocycles. The fraction of sp³-hybridized carbons (Fsp3) is 0.385. The Kier molecular flexibility index (Phi) is 6.30. The SMILES string of the molecule is COc1cc(CNC(=O)CCC(=O)[O-])cc(Br)c1OC. The van der Waals surface area contributed by atoms with Crippen molar-refractivity contribution in [1.29, 1.82) is 0 Å². The maximum atomic E-state index is 11.4. The minimum absolute atomic E-state index is 0.100. The predicted octanol–water partition coefficient (Wildman–Crippen LogP) is 0.613.